The van der Waals surface area contributed by atoms with Crippen molar-refractivity contribution in [2.75, 3.05) is 48.3 Å². The lowest BCUT2D eigenvalue weighted by molar-refractivity contribution is -0.461. The van der Waals surface area contributed by atoms with E-state index in [2.05, 4.69) is 0 Å². The number of esters is 3. The molecule has 2 aromatic rings. The third-order valence-corrected chi connectivity index (χ3v) is 12.5. The fourth-order valence-corrected chi connectivity index (χ4v) is 9.52. The van der Waals surface area contributed by atoms with E-state index in [0.717, 1.165) is 14.2 Å². The monoisotopic (exact) mass is 999 g/mol. The molecule has 2 saturated heterocycles. The van der Waals surface area contributed by atoms with Crippen molar-refractivity contribution in [3.63, 3.8) is 0 Å². The van der Waals surface area contributed by atoms with Crippen LogP contribution in [0.3, 0.4) is 0 Å². The van der Waals surface area contributed by atoms with E-state index in [0.29, 0.717) is 0 Å². The smallest absolute Gasteiger partial charge is 0.460 e. The van der Waals surface area contributed by atoms with Crippen molar-refractivity contribution >= 4 is 17.9 Å². The summed E-state index contributed by atoms with van der Waals surface area (Å²) in [6, 6.07) is 6.39. The Labute approximate surface area is 365 Å². The first-order chi connectivity index (χ1) is 30.8. The van der Waals surface area contributed by atoms with Crippen LogP contribution in [0.15, 0.2) is 36.4 Å². The highest BCUT2D eigenvalue weighted by atomic mass is 19.4. The van der Waals surface area contributed by atoms with E-state index in [9.17, 15) is 84.2 Å². The highest BCUT2D eigenvalue weighted by Gasteiger charge is 2.95. The van der Waals surface area contributed by atoms with E-state index in [1.807, 2.05) is 0 Å². The van der Waals surface area contributed by atoms with Gasteiger partial charge in [-0.15, -0.1) is 0 Å². The van der Waals surface area contributed by atoms with Crippen LogP contribution in [0.5, 0.6) is 23.0 Å². The Bertz CT molecular complexity index is 2140. The van der Waals surface area contributed by atoms with Crippen molar-refractivity contribution in [1.82, 2.24) is 4.90 Å². The molecule has 6 atom stereocenters. The van der Waals surface area contributed by atoms with Crippen LogP contribution in [0, 0.1) is 23.7 Å². The molecule has 0 aromatic heterocycles. The van der Waals surface area contributed by atoms with Gasteiger partial charge in [-0.1, -0.05) is 12.1 Å². The van der Waals surface area contributed by atoms with Crippen LogP contribution in [0.4, 0.5) is 74.6 Å². The summed E-state index contributed by atoms with van der Waals surface area (Å²) in [7, 11) is 4.23. The quantitative estimate of drug-likeness (QED) is 0.0740. The Morgan fingerprint density at radius 2 is 0.985 bits per heavy atom. The maximum Gasteiger partial charge on any atom is 0.460 e. The predicted molar refractivity (Wildman–Crippen MR) is 186 cm³/mol. The molecule has 28 heteroatoms. The average molecular weight is 1000 g/mol. The summed E-state index contributed by atoms with van der Waals surface area (Å²) in [4.78, 5) is 44.6. The van der Waals surface area contributed by atoms with Crippen molar-refractivity contribution in [3.05, 3.63) is 47.5 Å². The van der Waals surface area contributed by atoms with E-state index in [1.54, 1.807) is 0 Å². The molecule has 2 fully saturated rings. The summed E-state index contributed by atoms with van der Waals surface area (Å²) < 4.78 is 276. The third kappa shape index (κ3) is 6.81. The minimum absolute atomic E-state index is 0.0893. The number of alkyl halides is 17. The molecular formula is C39H34F17NO10. The normalized spacial score (nSPS) is 25.6. The third-order valence-electron chi connectivity index (χ3n) is 12.5. The van der Waals surface area contributed by atoms with Crippen molar-refractivity contribution in [2.45, 2.75) is 78.1 Å². The van der Waals surface area contributed by atoms with E-state index in [-0.39, 0.29) is 34.1 Å². The fraction of sp³-hybridized carbons (Fsp3) is 0.615. The second-order valence-electron chi connectivity index (χ2n) is 15.7. The molecule has 374 valence electrons. The maximum atomic E-state index is 15.0. The molecule has 0 radical (unpaired) electrons. The molecule has 0 unspecified atom stereocenters. The number of halogens is 17. The van der Waals surface area contributed by atoms with Gasteiger partial charge in [0, 0.05) is 18.3 Å². The lowest BCUT2D eigenvalue weighted by Crippen LogP contribution is -2.74. The summed E-state index contributed by atoms with van der Waals surface area (Å²) in [5, 5.41) is 0. The number of rotatable bonds is 15. The van der Waals surface area contributed by atoms with Gasteiger partial charge in [0.1, 0.15) is 28.5 Å². The number of ether oxygens (including phenoxy) is 7. The number of fused-ring (bicyclic) bond motifs is 9. The van der Waals surface area contributed by atoms with Crippen LogP contribution in [-0.4, -0.2) is 124 Å². The van der Waals surface area contributed by atoms with Crippen molar-refractivity contribution < 1.29 is 122 Å². The van der Waals surface area contributed by atoms with Gasteiger partial charge in [0.05, 0.1) is 83.3 Å². The first-order valence-corrected chi connectivity index (χ1v) is 19.2. The van der Waals surface area contributed by atoms with Crippen molar-refractivity contribution in [3.8, 4) is 23.0 Å². The van der Waals surface area contributed by atoms with Crippen LogP contribution in [0.1, 0.15) is 36.1 Å². The van der Waals surface area contributed by atoms with Gasteiger partial charge in [-0.25, -0.2) is 4.79 Å². The molecule has 4 heterocycles. The molecule has 0 amide bonds. The van der Waals surface area contributed by atoms with E-state index in [4.69, 9.17) is 33.2 Å². The van der Waals surface area contributed by atoms with Gasteiger partial charge in [-0.3, -0.25) is 14.5 Å². The van der Waals surface area contributed by atoms with Gasteiger partial charge in [-0.05, 0) is 30.7 Å². The summed E-state index contributed by atoms with van der Waals surface area (Å²) in [6.07, 6.45) is -12.7. The molecular weight excluding hydrogens is 965 g/mol. The van der Waals surface area contributed by atoms with E-state index >= 15 is 4.79 Å². The van der Waals surface area contributed by atoms with Gasteiger partial charge in [0.2, 0.25) is 0 Å². The van der Waals surface area contributed by atoms with E-state index in [1.165, 1.54) is 55.5 Å². The zero-order valence-corrected chi connectivity index (χ0v) is 34.4. The summed E-state index contributed by atoms with van der Waals surface area (Å²) >= 11 is 0. The molecule has 67 heavy (non-hydrogen) atoms. The molecule has 6 rings (SSSR count). The Balaban J connectivity index is 1.41. The molecule has 2 aromatic carbocycles. The standard InChI is InChI=1S/C39H34F17NO10/c1-61-18-8-5-10-20-22(18)26-16(14-66-20)24(28(58)63-3)32(25(29(59)64-4)17-15-67-21-11-6-9-19(62-2)23(21)27(17)57(26)32)30(60)65-13-7-12-31(40,41)33(42,43)34(44,45)35(46,47)36(48,49)37(50,51)38(52,53)39(54,55)56/h5-6,8-11,16-17,24-27H,7,12-15H2,1-4H3/t16-,17-,24+,25+,26+,27+/m1/s1. The number of hydrogen-bond acceptors (Lipinski definition) is 11. The Morgan fingerprint density at radius 1 is 0.597 bits per heavy atom. The fourth-order valence-electron chi connectivity index (χ4n) is 9.52. The minimum Gasteiger partial charge on any atom is -0.496 e. The summed E-state index contributed by atoms with van der Waals surface area (Å²) in [5.41, 5.74) is -2.41. The topological polar surface area (TPSA) is 119 Å². The molecule has 0 N–H and O–H groups in total. The molecule has 0 bridgehead atoms. The number of carbonyl (C=O) groups excluding carboxylic acids is 3. The van der Waals surface area contributed by atoms with Crippen LogP contribution in [-0.2, 0) is 28.6 Å². The summed E-state index contributed by atoms with van der Waals surface area (Å²) in [5.74, 6) is -67.9. The number of benzene rings is 2. The Hall–Kier alpha value is -5.18. The lowest BCUT2D eigenvalue weighted by atomic mass is 9.67. The van der Waals surface area contributed by atoms with Crippen LogP contribution < -0.4 is 18.9 Å². The average Bonchev–Trinajstić information content (AvgIpc) is 3.74. The Morgan fingerprint density at radius 3 is 1.36 bits per heavy atom. The molecule has 0 aliphatic carbocycles. The number of carbonyl (C=O) groups is 3. The Kier molecular flexibility index (Phi) is 12.6. The molecule has 0 spiro atoms. The van der Waals surface area contributed by atoms with Gasteiger partial charge < -0.3 is 33.2 Å². The van der Waals surface area contributed by atoms with Gasteiger partial charge >= 0.3 is 65.5 Å². The van der Waals surface area contributed by atoms with Crippen LogP contribution in [0.2, 0.25) is 0 Å². The highest BCUT2D eigenvalue weighted by molar-refractivity contribution is 5.96. The lowest BCUT2D eigenvalue weighted by Gasteiger charge is -2.42. The highest BCUT2D eigenvalue weighted by Crippen LogP contribution is 2.71. The van der Waals surface area contributed by atoms with Crippen molar-refractivity contribution in [2.24, 2.45) is 23.7 Å². The van der Waals surface area contributed by atoms with E-state index < -0.39 is 139 Å². The second kappa shape index (κ2) is 16.5. The van der Waals surface area contributed by atoms with Gasteiger partial charge in [0.15, 0.2) is 0 Å². The second-order valence-corrected chi connectivity index (χ2v) is 15.7. The molecule has 11 nitrogen and oxygen atoms in total. The molecule has 4 aliphatic rings. The largest absolute Gasteiger partial charge is 0.496 e. The predicted octanol–water partition coefficient (Wildman–Crippen LogP) is 8.48. The molecule has 0 saturated carbocycles. The summed E-state index contributed by atoms with van der Waals surface area (Å²) in [6.45, 7) is -2.54. The zero-order valence-electron chi connectivity index (χ0n) is 34.4. The number of hydrogen-bond donors (Lipinski definition) is 0. The van der Waals surface area contributed by atoms with Gasteiger partial charge in [-0.2, -0.15) is 74.6 Å². The first-order valence-electron chi connectivity index (χ1n) is 19.2. The SMILES string of the molecule is COC(=O)[C@@H]1[C@H]2COc3cccc(OC)c3[C@H]2N2[C@@H]3c4c(OC)cccc4OC[C@@H]3[C@@H](C(=O)OC)C12C(=O)OCCCC(F)(F)C(F)(F)C(F)(F)C(F)(F)C(F)(F)C(F)(F)C(F)(F)C(F)(F)F. The number of nitrogens with zero attached hydrogens (tertiary/aromatic N) is 1. The zero-order chi connectivity index (χ0) is 50.5. The minimum atomic E-state index is -8.81. The van der Waals surface area contributed by atoms with Gasteiger partial charge in [0.25, 0.3) is 0 Å². The number of methoxy groups -OCH3 is 4. The molecule has 4 aliphatic heterocycles. The maximum absolute atomic E-state index is 15.0. The van der Waals surface area contributed by atoms with Crippen molar-refractivity contribution in [1.29, 1.82) is 0 Å². The van der Waals surface area contributed by atoms with Crippen LogP contribution >= 0.6 is 0 Å². The van der Waals surface area contributed by atoms with Crippen LogP contribution in [0.25, 0.3) is 0 Å². The first kappa shape index (κ1) is 51.2.